The monoisotopic (exact) mass is 376 g/mol. The van der Waals surface area contributed by atoms with Gasteiger partial charge < -0.3 is 10.1 Å². The highest BCUT2D eigenvalue weighted by molar-refractivity contribution is 5.98. The van der Waals surface area contributed by atoms with E-state index in [1.807, 2.05) is 68.4 Å². The SMILES string of the molecule is CC[C@@H](C)[C@H](NC(=O)c1cc2ccccc2cn1)C(=O)OCc1ccccc1. The van der Waals surface area contributed by atoms with Crippen LogP contribution in [0.1, 0.15) is 36.3 Å². The van der Waals surface area contributed by atoms with Crippen LogP contribution in [-0.4, -0.2) is 22.9 Å². The molecule has 1 amide bonds. The van der Waals surface area contributed by atoms with E-state index in [4.69, 9.17) is 4.74 Å². The van der Waals surface area contributed by atoms with Gasteiger partial charge in [-0.15, -0.1) is 0 Å². The molecular weight excluding hydrogens is 352 g/mol. The maximum atomic E-state index is 12.7. The number of aromatic nitrogens is 1. The maximum Gasteiger partial charge on any atom is 0.329 e. The molecule has 3 rings (SSSR count). The van der Waals surface area contributed by atoms with Crippen LogP contribution < -0.4 is 5.32 Å². The van der Waals surface area contributed by atoms with Gasteiger partial charge in [0, 0.05) is 11.6 Å². The average molecular weight is 376 g/mol. The van der Waals surface area contributed by atoms with E-state index in [1.54, 1.807) is 12.3 Å². The Bertz CT molecular complexity index is 956. The highest BCUT2D eigenvalue weighted by Crippen LogP contribution is 2.15. The summed E-state index contributed by atoms with van der Waals surface area (Å²) in [6.07, 6.45) is 2.40. The number of nitrogens with one attached hydrogen (secondary N) is 1. The molecule has 28 heavy (non-hydrogen) atoms. The minimum atomic E-state index is -0.727. The Morgan fingerprint density at radius 1 is 1.04 bits per heavy atom. The van der Waals surface area contributed by atoms with E-state index < -0.39 is 12.0 Å². The zero-order valence-electron chi connectivity index (χ0n) is 16.1. The summed E-state index contributed by atoms with van der Waals surface area (Å²) in [5.41, 5.74) is 1.18. The first-order chi connectivity index (χ1) is 13.6. The van der Waals surface area contributed by atoms with Crippen molar-refractivity contribution >= 4 is 22.6 Å². The van der Waals surface area contributed by atoms with Crippen molar-refractivity contribution in [3.63, 3.8) is 0 Å². The second-order valence-corrected chi connectivity index (χ2v) is 6.85. The van der Waals surface area contributed by atoms with E-state index in [2.05, 4.69) is 10.3 Å². The third-order valence-corrected chi connectivity index (χ3v) is 4.84. The molecule has 144 valence electrons. The molecule has 3 aromatic rings. The number of carbonyl (C=O) groups excluding carboxylic acids is 2. The number of pyridine rings is 1. The van der Waals surface area contributed by atoms with Gasteiger partial charge in [-0.2, -0.15) is 0 Å². The van der Waals surface area contributed by atoms with Gasteiger partial charge in [-0.25, -0.2) is 4.79 Å². The van der Waals surface area contributed by atoms with E-state index in [-0.39, 0.29) is 24.1 Å². The van der Waals surface area contributed by atoms with Crippen molar-refractivity contribution in [3.05, 3.63) is 78.1 Å². The smallest absolute Gasteiger partial charge is 0.329 e. The lowest BCUT2D eigenvalue weighted by Gasteiger charge is -2.22. The quantitative estimate of drug-likeness (QED) is 0.630. The Labute approximate surface area is 164 Å². The lowest BCUT2D eigenvalue weighted by Crippen LogP contribution is -2.46. The van der Waals surface area contributed by atoms with Gasteiger partial charge in [0.2, 0.25) is 0 Å². The Morgan fingerprint density at radius 3 is 2.43 bits per heavy atom. The predicted molar refractivity (Wildman–Crippen MR) is 109 cm³/mol. The van der Waals surface area contributed by atoms with Crippen LogP contribution in [0.3, 0.4) is 0 Å². The normalized spacial score (nSPS) is 12.9. The number of hydrogen-bond acceptors (Lipinski definition) is 4. The molecule has 2 atom stereocenters. The van der Waals surface area contributed by atoms with Crippen molar-refractivity contribution < 1.29 is 14.3 Å². The number of fused-ring (bicyclic) bond motifs is 1. The molecule has 0 aliphatic carbocycles. The van der Waals surface area contributed by atoms with E-state index >= 15 is 0 Å². The minimum absolute atomic E-state index is 0.0623. The number of rotatable bonds is 7. The van der Waals surface area contributed by atoms with Crippen LogP contribution in [-0.2, 0) is 16.1 Å². The van der Waals surface area contributed by atoms with Crippen molar-refractivity contribution in [2.45, 2.75) is 32.9 Å². The molecule has 0 unspecified atom stereocenters. The van der Waals surface area contributed by atoms with E-state index in [0.29, 0.717) is 0 Å². The Hall–Kier alpha value is -3.21. The molecule has 0 radical (unpaired) electrons. The maximum absolute atomic E-state index is 12.7. The zero-order chi connectivity index (χ0) is 19.9. The molecule has 0 spiro atoms. The van der Waals surface area contributed by atoms with Crippen LogP contribution in [0.15, 0.2) is 66.9 Å². The van der Waals surface area contributed by atoms with Crippen LogP contribution in [0.4, 0.5) is 0 Å². The summed E-state index contributed by atoms with van der Waals surface area (Å²) >= 11 is 0. The standard InChI is InChI=1S/C23H24N2O3/c1-3-16(2)21(23(27)28-15-17-9-5-4-6-10-17)25-22(26)20-13-18-11-7-8-12-19(18)14-24-20/h4-14,16,21H,3,15H2,1-2H3,(H,25,26)/t16-,21+/m1/s1. The summed E-state index contributed by atoms with van der Waals surface area (Å²) in [4.78, 5) is 29.6. The molecule has 1 N–H and O–H groups in total. The highest BCUT2D eigenvalue weighted by Gasteiger charge is 2.28. The average Bonchev–Trinajstić information content (AvgIpc) is 2.75. The summed E-state index contributed by atoms with van der Waals surface area (Å²) in [6.45, 7) is 4.07. The molecule has 0 aliphatic rings. The first-order valence-corrected chi connectivity index (χ1v) is 9.44. The molecule has 0 bridgehead atoms. The fourth-order valence-electron chi connectivity index (χ4n) is 2.91. The number of carbonyl (C=O) groups is 2. The van der Waals surface area contributed by atoms with Crippen molar-refractivity contribution in [2.75, 3.05) is 0 Å². The molecule has 0 fully saturated rings. The predicted octanol–water partition coefficient (Wildman–Crippen LogP) is 4.12. The Balaban J connectivity index is 1.71. The fraction of sp³-hybridized carbons (Fsp3) is 0.261. The van der Waals surface area contributed by atoms with Gasteiger partial charge in [-0.1, -0.05) is 74.9 Å². The Kier molecular flexibility index (Phi) is 6.37. The van der Waals surface area contributed by atoms with Gasteiger partial charge in [0.15, 0.2) is 0 Å². The molecule has 0 aliphatic heterocycles. The summed E-state index contributed by atoms with van der Waals surface area (Å²) in [7, 11) is 0. The summed E-state index contributed by atoms with van der Waals surface area (Å²) < 4.78 is 5.45. The Morgan fingerprint density at radius 2 is 1.71 bits per heavy atom. The van der Waals surface area contributed by atoms with Crippen LogP contribution >= 0.6 is 0 Å². The molecule has 5 nitrogen and oxygen atoms in total. The number of hydrogen-bond donors (Lipinski definition) is 1. The molecule has 1 heterocycles. The van der Waals surface area contributed by atoms with E-state index in [1.165, 1.54) is 0 Å². The topological polar surface area (TPSA) is 68.3 Å². The number of benzene rings is 2. The van der Waals surface area contributed by atoms with Crippen molar-refractivity contribution in [1.29, 1.82) is 0 Å². The molecular formula is C23H24N2O3. The number of ether oxygens (including phenoxy) is 1. The highest BCUT2D eigenvalue weighted by atomic mass is 16.5. The van der Waals surface area contributed by atoms with E-state index in [0.717, 1.165) is 22.8 Å². The van der Waals surface area contributed by atoms with Gasteiger partial charge in [0.25, 0.3) is 5.91 Å². The first kappa shape index (κ1) is 19.5. The van der Waals surface area contributed by atoms with Gasteiger partial charge >= 0.3 is 5.97 Å². The lowest BCUT2D eigenvalue weighted by molar-refractivity contribution is -0.148. The van der Waals surface area contributed by atoms with Gasteiger partial charge in [0.1, 0.15) is 18.3 Å². The zero-order valence-corrected chi connectivity index (χ0v) is 16.1. The number of nitrogens with zero attached hydrogens (tertiary/aromatic N) is 1. The van der Waals surface area contributed by atoms with Crippen molar-refractivity contribution in [2.24, 2.45) is 5.92 Å². The fourth-order valence-corrected chi connectivity index (χ4v) is 2.91. The second kappa shape index (κ2) is 9.13. The molecule has 0 saturated heterocycles. The summed E-state index contributed by atoms with van der Waals surface area (Å²) in [5, 5.41) is 4.69. The summed E-state index contributed by atoms with van der Waals surface area (Å²) in [5.74, 6) is -0.882. The van der Waals surface area contributed by atoms with E-state index in [9.17, 15) is 9.59 Å². The second-order valence-electron chi connectivity index (χ2n) is 6.85. The van der Waals surface area contributed by atoms with Gasteiger partial charge in [-0.05, 0) is 22.9 Å². The third-order valence-electron chi connectivity index (χ3n) is 4.84. The third kappa shape index (κ3) is 4.74. The molecule has 0 saturated carbocycles. The van der Waals surface area contributed by atoms with Gasteiger partial charge in [0.05, 0.1) is 0 Å². The van der Waals surface area contributed by atoms with Crippen LogP contribution in [0.5, 0.6) is 0 Å². The van der Waals surface area contributed by atoms with Crippen molar-refractivity contribution in [1.82, 2.24) is 10.3 Å². The summed E-state index contributed by atoms with van der Waals surface area (Å²) in [6, 6.07) is 18.2. The molecule has 1 aromatic heterocycles. The van der Waals surface area contributed by atoms with Crippen LogP contribution in [0.2, 0.25) is 0 Å². The largest absolute Gasteiger partial charge is 0.459 e. The van der Waals surface area contributed by atoms with Crippen LogP contribution in [0, 0.1) is 5.92 Å². The van der Waals surface area contributed by atoms with Gasteiger partial charge in [-0.3, -0.25) is 9.78 Å². The molecule has 2 aromatic carbocycles. The van der Waals surface area contributed by atoms with Crippen molar-refractivity contribution in [3.8, 4) is 0 Å². The first-order valence-electron chi connectivity index (χ1n) is 9.44. The minimum Gasteiger partial charge on any atom is -0.459 e. The lowest BCUT2D eigenvalue weighted by atomic mass is 9.99. The number of amides is 1. The van der Waals surface area contributed by atoms with Crippen LogP contribution in [0.25, 0.3) is 10.8 Å². The number of esters is 1. The molecule has 5 heteroatoms.